The van der Waals surface area contributed by atoms with Crippen LogP contribution in [0.4, 0.5) is 5.69 Å². The molecule has 0 aliphatic heterocycles. The van der Waals surface area contributed by atoms with E-state index in [-0.39, 0.29) is 32.9 Å². The quantitative estimate of drug-likeness (QED) is 0.434. The number of carbonyl (C=O) groups is 1. The summed E-state index contributed by atoms with van der Waals surface area (Å²) in [6, 6.07) is 16.4. The highest BCUT2D eigenvalue weighted by Crippen LogP contribution is 2.33. The fourth-order valence-corrected chi connectivity index (χ4v) is 5.24. The first-order valence-electron chi connectivity index (χ1n) is 10.2. The number of aryl methyl sites for hydroxylation is 1. The summed E-state index contributed by atoms with van der Waals surface area (Å²) in [7, 11) is -1.30. The molecule has 0 aliphatic carbocycles. The van der Waals surface area contributed by atoms with Gasteiger partial charge < -0.3 is 14.8 Å². The zero-order chi connectivity index (χ0) is 24.9. The standard InChI is InChI=1S/C24H24Cl2N2O5S/c1-16-8-11-22(33-3)23(12-16)34(30,31)28(18-9-10-19(25)20(26)13-18)15-24(29)27-14-17-6-4-5-7-21(17)32-2/h4-13H,14-15H2,1-3H3,(H,27,29). The SMILES string of the molecule is COc1ccccc1CNC(=O)CN(c1ccc(Cl)c(Cl)c1)S(=O)(=O)c1cc(C)ccc1OC. The van der Waals surface area contributed by atoms with Crippen LogP contribution >= 0.6 is 23.2 Å². The van der Waals surface area contributed by atoms with E-state index >= 15 is 0 Å². The highest BCUT2D eigenvalue weighted by molar-refractivity contribution is 7.93. The largest absolute Gasteiger partial charge is 0.496 e. The number of nitrogens with one attached hydrogen (secondary N) is 1. The van der Waals surface area contributed by atoms with Gasteiger partial charge in [-0.3, -0.25) is 9.10 Å². The fourth-order valence-electron chi connectivity index (χ4n) is 3.29. The lowest BCUT2D eigenvalue weighted by molar-refractivity contribution is -0.119. The average molecular weight is 523 g/mol. The summed E-state index contributed by atoms with van der Waals surface area (Å²) in [6.07, 6.45) is 0. The zero-order valence-electron chi connectivity index (χ0n) is 18.8. The van der Waals surface area contributed by atoms with E-state index in [1.54, 1.807) is 25.1 Å². The van der Waals surface area contributed by atoms with E-state index in [1.807, 2.05) is 18.2 Å². The van der Waals surface area contributed by atoms with Crippen molar-refractivity contribution in [2.75, 3.05) is 25.1 Å². The van der Waals surface area contributed by atoms with Gasteiger partial charge in [0.2, 0.25) is 5.91 Å². The van der Waals surface area contributed by atoms with Crippen LogP contribution in [-0.2, 0) is 21.4 Å². The number of amides is 1. The molecule has 0 fully saturated rings. The molecule has 0 aromatic heterocycles. The Balaban J connectivity index is 1.97. The number of sulfonamides is 1. The third-order valence-electron chi connectivity index (χ3n) is 5.03. The van der Waals surface area contributed by atoms with Crippen LogP contribution in [0.3, 0.4) is 0 Å². The van der Waals surface area contributed by atoms with Crippen LogP contribution in [0.1, 0.15) is 11.1 Å². The van der Waals surface area contributed by atoms with Crippen molar-refractivity contribution in [1.82, 2.24) is 5.32 Å². The third kappa shape index (κ3) is 5.75. The van der Waals surface area contributed by atoms with Crippen molar-refractivity contribution in [3.05, 3.63) is 81.8 Å². The van der Waals surface area contributed by atoms with Crippen molar-refractivity contribution in [2.24, 2.45) is 0 Å². The second-order valence-corrected chi connectivity index (χ2v) is 10.00. The number of hydrogen-bond donors (Lipinski definition) is 1. The second kappa shape index (κ2) is 11.0. The lowest BCUT2D eigenvalue weighted by Crippen LogP contribution is -2.40. The Morgan fingerprint density at radius 1 is 0.941 bits per heavy atom. The van der Waals surface area contributed by atoms with Crippen LogP contribution in [-0.4, -0.2) is 35.1 Å². The van der Waals surface area contributed by atoms with Gasteiger partial charge in [0.05, 0.1) is 30.0 Å². The van der Waals surface area contributed by atoms with Crippen LogP contribution < -0.4 is 19.1 Å². The van der Waals surface area contributed by atoms with Crippen molar-refractivity contribution in [3.8, 4) is 11.5 Å². The molecular formula is C24H24Cl2N2O5S. The number of halogens is 2. The molecule has 180 valence electrons. The number of nitrogens with zero attached hydrogens (tertiary/aromatic N) is 1. The van der Waals surface area contributed by atoms with Gasteiger partial charge in [0.25, 0.3) is 10.0 Å². The number of benzene rings is 3. The van der Waals surface area contributed by atoms with Crippen LogP contribution in [0.2, 0.25) is 10.0 Å². The van der Waals surface area contributed by atoms with Gasteiger partial charge in [-0.2, -0.15) is 0 Å². The number of rotatable bonds is 9. The Bertz CT molecular complexity index is 1300. The summed E-state index contributed by atoms with van der Waals surface area (Å²) >= 11 is 12.2. The van der Waals surface area contributed by atoms with E-state index in [4.69, 9.17) is 32.7 Å². The van der Waals surface area contributed by atoms with Crippen molar-refractivity contribution < 1.29 is 22.7 Å². The topological polar surface area (TPSA) is 84.9 Å². The molecule has 0 atom stereocenters. The summed E-state index contributed by atoms with van der Waals surface area (Å²) in [4.78, 5) is 12.8. The molecule has 0 unspecified atom stereocenters. The van der Waals surface area contributed by atoms with Gasteiger partial charge in [-0.15, -0.1) is 0 Å². The Hall–Kier alpha value is -2.94. The average Bonchev–Trinajstić information content (AvgIpc) is 2.83. The maximum absolute atomic E-state index is 13.7. The minimum atomic E-state index is -4.22. The zero-order valence-corrected chi connectivity index (χ0v) is 21.2. The molecule has 1 amide bonds. The summed E-state index contributed by atoms with van der Waals surface area (Å²) in [5.74, 6) is 0.249. The Morgan fingerprint density at radius 3 is 2.32 bits per heavy atom. The van der Waals surface area contributed by atoms with Crippen LogP contribution in [0, 0.1) is 6.92 Å². The van der Waals surface area contributed by atoms with E-state index in [0.717, 1.165) is 9.87 Å². The van der Waals surface area contributed by atoms with Gasteiger partial charge in [0.15, 0.2) is 0 Å². The molecule has 3 aromatic carbocycles. The van der Waals surface area contributed by atoms with Crippen molar-refractivity contribution in [2.45, 2.75) is 18.4 Å². The van der Waals surface area contributed by atoms with E-state index in [9.17, 15) is 13.2 Å². The molecule has 0 saturated carbocycles. The first-order valence-corrected chi connectivity index (χ1v) is 12.4. The molecule has 0 bridgehead atoms. The molecular weight excluding hydrogens is 499 g/mol. The number of ether oxygens (including phenoxy) is 2. The molecule has 0 heterocycles. The van der Waals surface area contributed by atoms with E-state index in [1.165, 1.54) is 38.5 Å². The summed E-state index contributed by atoms with van der Waals surface area (Å²) in [6.45, 7) is 1.43. The highest BCUT2D eigenvalue weighted by atomic mass is 35.5. The summed E-state index contributed by atoms with van der Waals surface area (Å²) in [5, 5.41) is 3.17. The lowest BCUT2D eigenvalue weighted by atomic mass is 10.2. The molecule has 10 heteroatoms. The van der Waals surface area contributed by atoms with E-state index in [2.05, 4.69) is 5.32 Å². The monoisotopic (exact) mass is 522 g/mol. The van der Waals surface area contributed by atoms with Gasteiger partial charge in [-0.05, 0) is 48.9 Å². The maximum atomic E-state index is 13.7. The smallest absolute Gasteiger partial charge is 0.268 e. The molecule has 0 radical (unpaired) electrons. The highest BCUT2D eigenvalue weighted by Gasteiger charge is 2.30. The van der Waals surface area contributed by atoms with Gasteiger partial charge in [-0.1, -0.05) is 47.5 Å². The predicted octanol–water partition coefficient (Wildman–Crippen LogP) is 4.83. The van der Waals surface area contributed by atoms with Gasteiger partial charge in [0, 0.05) is 12.1 Å². The number of hydrogen-bond acceptors (Lipinski definition) is 5. The van der Waals surface area contributed by atoms with Crippen molar-refractivity contribution >= 4 is 44.8 Å². The molecule has 0 saturated heterocycles. The fraction of sp³-hybridized carbons (Fsp3) is 0.208. The number of methoxy groups -OCH3 is 2. The summed E-state index contributed by atoms with van der Waals surface area (Å²) < 4.78 is 39.0. The van der Waals surface area contributed by atoms with Gasteiger partial charge in [0.1, 0.15) is 22.9 Å². The molecule has 34 heavy (non-hydrogen) atoms. The van der Waals surface area contributed by atoms with Gasteiger partial charge >= 0.3 is 0 Å². The molecule has 3 aromatic rings. The van der Waals surface area contributed by atoms with E-state index < -0.39 is 22.5 Å². The van der Waals surface area contributed by atoms with Crippen LogP contribution in [0.25, 0.3) is 0 Å². The molecule has 1 N–H and O–H groups in total. The molecule has 7 nitrogen and oxygen atoms in total. The maximum Gasteiger partial charge on any atom is 0.268 e. The molecule has 3 rings (SSSR count). The number of anilines is 1. The minimum Gasteiger partial charge on any atom is -0.496 e. The normalized spacial score (nSPS) is 11.1. The first kappa shape index (κ1) is 25.7. The first-order chi connectivity index (χ1) is 16.2. The van der Waals surface area contributed by atoms with Crippen LogP contribution in [0.5, 0.6) is 11.5 Å². The Morgan fingerprint density at radius 2 is 1.65 bits per heavy atom. The Kier molecular flexibility index (Phi) is 8.30. The predicted molar refractivity (Wildman–Crippen MR) is 134 cm³/mol. The lowest BCUT2D eigenvalue weighted by Gasteiger charge is -2.25. The Labute approximate surface area is 209 Å². The molecule has 0 aliphatic rings. The molecule has 0 spiro atoms. The van der Waals surface area contributed by atoms with Crippen molar-refractivity contribution in [3.63, 3.8) is 0 Å². The van der Waals surface area contributed by atoms with E-state index in [0.29, 0.717) is 11.3 Å². The van der Waals surface area contributed by atoms with Gasteiger partial charge in [-0.25, -0.2) is 8.42 Å². The third-order valence-corrected chi connectivity index (χ3v) is 7.57. The van der Waals surface area contributed by atoms with Crippen molar-refractivity contribution in [1.29, 1.82) is 0 Å². The minimum absolute atomic E-state index is 0.0707. The van der Waals surface area contributed by atoms with Crippen LogP contribution in [0.15, 0.2) is 65.6 Å². The summed E-state index contributed by atoms with van der Waals surface area (Å²) in [5.41, 5.74) is 1.65. The second-order valence-electron chi connectivity index (χ2n) is 7.35. The number of para-hydroxylation sites is 1. The number of carbonyl (C=O) groups excluding carboxylic acids is 1.